The molecule has 1 aromatic carbocycles. The van der Waals surface area contributed by atoms with Crippen LogP contribution in [0.3, 0.4) is 0 Å². The molecule has 1 aliphatic rings. The maximum atomic E-state index is 11.7. The lowest BCUT2D eigenvalue weighted by atomic mass is 9.87. The molecule has 0 unspecified atom stereocenters. The molecule has 1 amide bonds. The van der Waals surface area contributed by atoms with E-state index in [1.165, 1.54) is 5.56 Å². The maximum absolute atomic E-state index is 11.7. The summed E-state index contributed by atoms with van der Waals surface area (Å²) in [7, 11) is 0. The first-order valence-electron chi connectivity index (χ1n) is 7.99. The van der Waals surface area contributed by atoms with Gasteiger partial charge in [-0.25, -0.2) is 4.79 Å². The number of carbonyl (C=O) groups excluding carboxylic acids is 2. The highest BCUT2D eigenvalue weighted by Crippen LogP contribution is 2.24. The third kappa shape index (κ3) is 5.58. The van der Waals surface area contributed by atoms with E-state index in [0.29, 0.717) is 5.75 Å². The van der Waals surface area contributed by atoms with Crippen molar-refractivity contribution in [3.05, 3.63) is 29.8 Å². The molecule has 1 fully saturated rings. The Morgan fingerprint density at radius 3 is 2.35 bits per heavy atom. The number of ether oxygens (including phenoxy) is 2. The van der Waals surface area contributed by atoms with Gasteiger partial charge in [0.2, 0.25) is 0 Å². The molecule has 0 aliphatic heterocycles. The van der Waals surface area contributed by atoms with E-state index in [4.69, 9.17) is 9.47 Å². The molecule has 0 spiro atoms. The number of esters is 1. The number of nitrogens with one attached hydrogen (secondary N) is 1. The van der Waals surface area contributed by atoms with Crippen LogP contribution >= 0.6 is 0 Å². The fourth-order valence-corrected chi connectivity index (χ4v) is 2.02. The SMILES string of the molecule is C[C@@H](OC(=O)COc1ccc(C(C)(C)C)cc1)C(=O)NC1CC1. The van der Waals surface area contributed by atoms with Crippen molar-refractivity contribution in [3.63, 3.8) is 0 Å². The monoisotopic (exact) mass is 319 g/mol. The number of rotatable bonds is 6. The predicted molar refractivity (Wildman–Crippen MR) is 87.4 cm³/mol. The highest BCUT2D eigenvalue weighted by atomic mass is 16.6. The second-order valence-electron chi connectivity index (χ2n) is 6.98. The Bertz CT molecular complexity index is 555. The number of carbonyl (C=O) groups is 2. The number of amides is 1. The summed E-state index contributed by atoms with van der Waals surface area (Å²) in [5.74, 6) is -0.205. The highest BCUT2D eigenvalue weighted by Gasteiger charge is 2.27. The maximum Gasteiger partial charge on any atom is 0.344 e. The van der Waals surface area contributed by atoms with Crippen molar-refractivity contribution in [1.82, 2.24) is 5.32 Å². The van der Waals surface area contributed by atoms with Crippen LogP contribution in [0.25, 0.3) is 0 Å². The molecule has 0 aromatic heterocycles. The second-order valence-corrected chi connectivity index (χ2v) is 6.98. The fourth-order valence-electron chi connectivity index (χ4n) is 2.02. The minimum atomic E-state index is -0.796. The number of benzene rings is 1. The quantitative estimate of drug-likeness (QED) is 0.819. The molecule has 5 heteroatoms. The summed E-state index contributed by atoms with van der Waals surface area (Å²) in [6.45, 7) is 7.75. The van der Waals surface area contributed by atoms with Crippen molar-refractivity contribution < 1.29 is 19.1 Å². The van der Waals surface area contributed by atoms with E-state index in [1.54, 1.807) is 6.92 Å². The Hall–Kier alpha value is -2.04. The van der Waals surface area contributed by atoms with Crippen molar-refractivity contribution in [2.75, 3.05) is 6.61 Å². The molecule has 0 heterocycles. The van der Waals surface area contributed by atoms with Crippen LogP contribution in [0.1, 0.15) is 46.1 Å². The first-order chi connectivity index (χ1) is 10.8. The van der Waals surface area contributed by atoms with Crippen molar-refractivity contribution in [2.45, 2.75) is 58.1 Å². The Labute approximate surface area is 137 Å². The molecule has 1 aromatic rings. The predicted octanol–water partition coefficient (Wildman–Crippen LogP) is 2.57. The van der Waals surface area contributed by atoms with Crippen LogP contribution in [0.15, 0.2) is 24.3 Å². The van der Waals surface area contributed by atoms with Gasteiger partial charge in [-0.05, 0) is 42.9 Å². The Kier molecular flexibility index (Phi) is 5.29. The van der Waals surface area contributed by atoms with Gasteiger partial charge in [0.25, 0.3) is 5.91 Å². The van der Waals surface area contributed by atoms with Gasteiger partial charge in [0, 0.05) is 6.04 Å². The van der Waals surface area contributed by atoms with Crippen molar-refractivity contribution >= 4 is 11.9 Å². The lowest BCUT2D eigenvalue weighted by Gasteiger charge is -2.19. The van der Waals surface area contributed by atoms with Crippen LogP contribution in [0.5, 0.6) is 5.75 Å². The van der Waals surface area contributed by atoms with Crippen LogP contribution in [-0.4, -0.2) is 30.6 Å². The molecule has 1 atom stereocenters. The Balaban J connectivity index is 1.76. The van der Waals surface area contributed by atoms with Gasteiger partial charge in [0.1, 0.15) is 5.75 Å². The van der Waals surface area contributed by atoms with Crippen molar-refractivity contribution in [3.8, 4) is 5.75 Å². The van der Waals surface area contributed by atoms with Gasteiger partial charge in [0.15, 0.2) is 12.7 Å². The molecule has 0 bridgehead atoms. The lowest BCUT2D eigenvalue weighted by Crippen LogP contribution is -2.37. The zero-order chi connectivity index (χ0) is 17.0. The molecular formula is C18H25NO4. The van der Waals surface area contributed by atoms with Crippen LogP contribution in [0.4, 0.5) is 0 Å². The largest absolute Gasteiger partial charge is 0.482 e. The van der Waals surface area contributed by atoms with Crippen LogP contribution in [0.2, 0.25) is 0 Å². The molecular weight excluding hydrogens is 294 g/mol. The van der Waals surface area contributed by atoms with E-state index in [1.807, 2.05) is 24.3 Å². The molecule has 2 rings (SSSR count). The smallest absolute Gasteiger partial charge is 0.344 e. The molecule has 126 valence electrons. The summed E-state index contributed by atoms with van der Waals surface area (Å²) in [6, 6.07) is 7.87. The van der Waals surface area contributed by atoms with E-state index in [0.717, 1.165) is 12.8 Å². The van der Waals surface area contributed by atoms with E-state index in [-0.39, 0.29) is 24.0 Å². The molecule has 23 heavy (non-hydrogen) atoms. The first kappa shape index (κ1) is 17.3. The van der Waals surface area contributed by atoms with E-state index in [9.17, 15) is 9.59 Å². The minimum absolute atomic E-state index is 0.0712. The summed E-state index contributed by atoms with van der Waals surface area (Å²) in [6.07, 6.45) is 1.20. The topological polar surface area (TPSA) is 64.6 Å². The average Bonchev–Trinajstić information content (AvgIpc) is 3.28. The van der Waals surface area contributed by atoms with E-state index >= 15 is 0 Å². The van der Waals surface area contributed by atoms with Gasteiger partial charge in [-0.3, -0.25) is 4.79 Å². The van der Waals surface area contributed by atoms with E-state index < -0.39 is 12.1 Å². The van der Waals surface area contributed by atoms with Crippen molar-refractivity contribution in [1.29, 1.82) is 0 Å². The normalized spacial score (nSPS) is 15.7. The molecule has 1 saturated carbocycles. The summed E-state index contributed by atoms with van der Waals surface area (Å²) >= 11 is 0. The molecule has 0 radical (unpaired) electrons. The summed E-state index contributed by atoms with van der Waals surface area (Å²) in [5.41, 5.74) is 1.26. The molecule has 1 aliphatic carbocycles. The minimum Gasteiger partial charge on any atom is -0.482 e. The standard InChI is InChI=1S/C18H25NO4/c1-12(17(21)19-14-7-8-14)23-16(20)11-22-15-9-5-13(6-10-15)18(2,3)4/h5-6,9-10,12,14H,7-8,11H2,1-4H3,(H,19,21)/t12-/m1/s1. The van der Waals surface area contributed by atoms with Crippen LogP contribution in [-0.2, 0) is 19.7 Å². The van der Waals surface area contributed by atoms with Crippen LogP contribution < -0.4 is 10.1 Å². The summed E-state index contributed by atoms with van der Waals surface area (Å²) in [5, 5.41) is 2.80. The molecule has 0 saturated heterocycles. The zero-order valence-electron chi connectivity index (χ0n) is 14.2. The highest BCUT2D eigenvalue weighted by molar-refractivity contribution is 5.84. The van der Waals surface area contributed by atoms with Gasteiger partial charge >= 0.3 is 5.97 Å². The van der Waals surface area contributed by atoms with Gasteiger partial charge in [-0.1, -0.05) is 32.9 Å². The Morgan fingerprint density at radius 1 is 1.22 bits per heavy atom. The third-order valence-corrected chi connectivity index (χ3v) is 3.68. The lowest BCUT2D eigenvalue weighted by molar-refractivity contribution is -0.156. The van der Waals surface area contributed by atoms with Gasteiger partial charge in [-0.15, -0.1) is 0 Å². The first-order valence-corrected chi connectivity index (χ1v) is 7.99. The Morgan fingerprint density at radius 2 is 1.83 bits per heavy atom. The van der Waals surface area contributed by atoms with Crippen LogP contribution in [0, 0.1) is 0 Å². The van der Waals surface area contributed by atoms with Gasteiger partial charge in [-0.2, -0.15) is 0 Å². The second kappa shape index (κ2) is 7.02. The number of hydrogen-bond donors (Lipinski definition) is 1. The third-order valence-electron chi connectivity index (χ3n) is 3.68. The van der Waals surface area contributed by atoms with E-state index in [2.05, 4.69) is 26.1 Å². The fraction of sp³-hybridized carbons (Fsp3) is 0.556. The zero-order valence-corrected chi connectivity index (χ0v) is 14.2. The summed E-state index contributed by atoms with van der Waals surface area (Å²) in [4.78, 5) is 23.4. The summed E-state index contributed by atoms with van der Waals surface area (Å²) < 4.78 is 10.5. The molecule has 5 nitrogen and oxygen atoms in total. The van der Waals surface area contributed by atoms with Gasteiger partial charge in [0.05, 0.1) is 0 Å². The average molecular weight is 319 g/mol. The van der Waals surface area contributed by atoms with Crippen molar-refractivity contribution in [2.24, 2.45) is 0 Å². The number of hydrogen-bond acceptors (Lipinski definition) is 4. The van der Waals surface area contributed by atoms with Gasteiger partial charge < -0.3 is 14.8 Å². The molecule has 1 N–H and O–H groups in total.